The number of carbonyl (C=O) groups excluding carboxylic acids is 1. The van der Waals surface area contributed by atoms with Crippen molar-refractivity contribution < 1.29 is 9.53 Å². The highest BCUT2D eigenvalue weighted by molar-refractivity contribution is 8.00. The van der Waals surface area contributed by atoms with Crippen molar-refractivity contribution in [3.63, 3.8) is 0 Å². The van der Waals surface area contributed by atoms with Crippen molar-refractivity contribution in [1.82, 2.24) is 19.7 Å². The van der Waals surface area contributed by atoms with Gasteiger partial charge in [-0.3, -0.25) is 9.36 Å². The second-order valence-electron chi connectivity index (χ2n) is 8.46. The summed E-state index contributed by atoms with van der Waals surface area (Å²) in [5, 5.41) is 14.0. The number of carbonyl (C=O) groups is 1. The van der Waals surface area contributed by atoms with Crippen LogP contribution in [0.3, 0.4) is 0 Å². The summed E-state index contributed by atoms with van der Waals surface area (Å²) in [6.07, 6.45) is 4.13. The molecule has 0 aliphatic carbocycles. The van der Waals surface area contributed by atoms with Crippen LogP contribution in [0, 0.1) is 6.92 Å². The minimum absolute atomic E-state index is 0.109. The van der Waals surface area contributed by atoms with E-state index >= 15 is 0 Å². The predicted octanol–water partition coefficient (Wildman–Crippen LogP) is 5.69. The number of anilines is 1. The zero-order valence-corrected chi connectivity index (χ0v) is 20.6. The molecular formula is C25H26ClN5O2S. The molecule has 0 saturated carbocycles. The summed E-state index contributed by atoms with van der Waals surface area (Å²) in [7, 11) is 0. The molecule has 176 valence electrons. The number of aromatic amines is 1. The van der Waals surface area contributed by atoms with Gasteiger partial charge < -0.3 is 15.0 Å². The minimum Gasteiger partial charge on any atom is -0.376 e. The largest absolute Gasteiger partial charge is 0.376 e. The number of nitrogens with zero attached hydrogens (tertiary/aromatic N) is 3. The summed E-state index contributed by atoms with van der Waals surface area (Å²) in [4.78, 5) is 16.3. The monoisotopic (exact) mass is 495 g/mol. The van der Waals surface area contributed by atoms with Crippen molar-refractivity contribution in [1.29, 1.82) is 0 Å². The molecule has 5 rings (SSSR count). The van der Waals surface area contributed by atoms with Gasteiger partial charge in [0.1, 0.15) is 0 Å². The van der Waals surface area contributed by atoms with Crippen LogP contribution >= 0.6 is 23.4 Å². The lowest BCUT2D eigenvalue weighted by molar-refractivity contribution is -0.115. The number of nitrogens with one attached hydrogen (secondary N) is 2. The van der Waals surface area contributed by atoms with Gasteiger partial charge in [0.25, 0.3) is 0 Å². The third-order valence-electron chi connectivity index (χ3n) is 6.13. The fourth-order valence-corrected chi connectivity index (χ4v) is 5.21. The van der Waals surface area contributed by atoms with Crippen LogP contribution in [0.2, 0.25) is 5.02 Å². The van der Waals surface area contributed by atoms with E-state index in [0.29, 0.717) is 22.4 Å². The highest BCUT2D eigenvalue weighted by Gasteiger charge is 2.26. The van der Waals surface area contributed by atoms with Gasteiger partial charge in [-0.25, -0.2) is 0 Å². The van der Waals surface area contributed by atoms with Gasteiger partial charge >= 0.3 is 0 Å². The van der Waals surface area contributed by atoms with E-state index in [9.17, 15) is 4.79 Å². The number of hydrogen-bond donors (Lipinski definition) is 2. The third-order valence-corrected chi connectivity index (χ3v) is 7.62. The van der Waals surface area contributed by atoms with Crippen molar-refractivity contribution in [2.75, 3.05) is 11.9 Å². The molecule has 2 unspecified atom stereocenters. The molecule has 1 aliphatic heterocycles. The average Bonchev–Trinajstić information content (AvgIpc) is 3.58. The number of H-pyrrole nitrogens is 1. The fourth-order valence-electron chi connectivity index (χ4n) is 4.18. The average molecular weight is 496 g/mol. The molecule has 0 bridgehead atoms. The molecule has 0 radical (unpaired) electrons. The topological polar surface area (TPSA) is 84.8 Å². The van der Waals surface area contributed by atoms with E-state index in [2.05, 4.69) is 31.1 Å². The van der Waals surface area contributed by atoms with Crippen LogP contribution < -0.4 is 5.32 Å². The molecule has 9 heteroatoms. The van der Waals surface area contributed by atoms with Crippen molar-refractivity contribution in [3.05, 3.63) is 59.2 Å². The molecule has 7 nitrogen and oxygen atoms in total. The Morgan fingerprint density at radius 3 is 2.97 bits per heavy atom. The lowest BCUT2D eigenvalue weighted by atomic mass is 10.1. The van der Waals surface area contributed by atoms with E-state index < -0.39 is 0 Å². The molecule has 2 aromatic carbocycles. The smallest absolute Gasteiger partial charge is 0.237 e. The first-order chi connectivity index (χ1) is 16.5. The van der Waals surface area contributed by atoms with Gasteiger partial charge in [0.05, 0.1) is 17.9 Å². The second-order valence-corrected chi connectivity index (χ2v) is 10.2. The summed E-state index contributed by atoms with van der Waals surface area (Å²) in [5.74, 6) is 0.657. The number of rotatable bonds is 7. The van der Waals surface area contributed by atoms with Crippen LogP contribution in [0.4, 0.5) is 5.69 Å². The number of benzene rings is 2. The van der Waals surface area contributed by atoms with Crippen molar-refractivity contribution in [3.8, 4) is 11.4 Å². The number of halogens is 1. The first-order valence-corrected chi connectivity index (χ1v) is 12.6. The lowest BCUT2D eigenvalue weighted by Gasteiger charge is -2.17. The number of amides is 1. The van der Waals surface area contributed by atoms with Gasteiger partial charge in [0, 0.05) is 40.0 Å². The minimum atomic E-state index is -0.387. The molecular weight excluding hydrogens is 470 g/mol. The second kappa shape index (κ2) is 9.82. The van der Waals surface area contributed by atoms with Crippen LogP contribution in [0.5, 0.6) is 0 Å². The predicted molar refractivity (Wildman–Crippen MR) is 136 cm³/mol. The first-order valence-electron chi connectivity index (χ1n) is 11.3. The van der Waals surface area contributed by atoms with Crippen LogP contribution in [-0.4, -0.2) is 43.6 Å². The number of fused-ring (bicyclic) bond motifs is 1. The zero-order valence-electron chi connectivity index (χ0n) is 19.0. The van der Waals surface area contributed by atoms with Gasteiger partial charge in [-0.15, -0.1) is 10.2 Å². The molecule has 1 saturated heterocycles. The van der Waals surface area contributed by atoms with Crippen molar-refractivity contribution in [2.24, 2.45) is 0 Å². The molecule has 1 amide bonds. The Kier molecular flexibility index (Phi) is 6.63. The van der Waals surface area contributed by atoms with E-state index in [1.165, 1.54) is 11.8 Å². The number of thioether (sulfide) groups is 1. The summed E-state index contributed by atoms with van der Waals surface area (Å²) in [6, 6.07) is 13.6. The van der Waals surface area contributed by atoms with Gasteiger partial charge in [-0.2, -0.15) is 0 Å². The number of ether oxygens (including phenoxy) is 1. The Morgan fingerprint density at radius 2 is 2.15 bits per heavy atom. The SMILES string of the molecule is Cc1c(Cl)cccc1NC(=O)C(C)Sc1nnc(-c2c[nH]c3ccccc23)n1CC1CCCO1. The lowest BCUT2D eigenvalue weighted by Crippen LogP contribution is -2.24. The van der Waals surface area contributed by atoms with Gasteiger partial charge in [-0.1, -0.05) is 47.6 Å². The third kappa shape index (κ3) is 4.58. The van der Waals surface area contributed by atoms with Crippen LogP contribution in [0.1, 0.15) is 25.3 Å². The summed E-state index contributed by atoms with van der Waals surface area (Å²) in [6.45, 7) is 5.18. The van der Waals surface area contributed by atoms with Gasteiger partial charge in [0.2, 0.25) is 5.91 Å². The van der Waals surface area contributed by atoms with E-state index in [-0.39, 0.29) is 17.3 Å². The van der Waals surface area contributed by atoms with E-state index in [4.69, 9.17) is 16.3 Å². The number of para-hydroxylation sites is 1. The quantitative estimate of drug-likeness (QED) is 0.322. The fraction of sp³-hybridized carbons (Fsp3) is 0.320. The normalized spacial score (nSPS) is 16.7. The van der Waals surface area contributed by atoms with Crippen LogP contribution in [0.25, 0.3) is 22.3 Å². The van der Waals surface area contributed by atoms with E-state index in [1.54, 1.807) is 0 Å². The molecule has 0 spiro atoms. The van der Waals surface area contributed by atoms with Gasteiger partial charge in [0.15, 0.2) is 11.0 Å². The maximum atomic E-state index is 13.0. The molecule has 2 atom stereocenters. The Bertz CT molecular complexity index is 1330. The molecule has 4 aromatic rings. The van der Waals surface area contributed by atoms with Crippen LogP contribution in [-0.2, 0) is 16.1 Å². The highest BCUT2D eigenvalue weighted by atomic mass is 35.5. The maximum Gasteiger partial charge on any atom is 0.237 e. The zero-order chi connectivity index (χ0) is 23.7. The molecule has 2 aromatic heterocycles. The Hall–Kier alpha value is -2.81. The Balaban J connectivity index is 1.42. The number of aromatic nitrogens is 4. The van der Waals surface area contributed by atoms with E-state index in [0.717, 1.165) is 47.3 Å². The first kappa shape index (κ1) is 23.0. The van der Waals surface area contributed by atoms with Gasteiger partial charge in [-0.05, 0) is 50.5 Å². The van der Waals surface area contributed by atoms with Crippen LogP contribution in [0.15, 0.2) is 53.8 Å². The Morgan fingerprint density at radius 1 is 1.29 bits per heavy atom. The molecule has 2 N–H and O–H groups in total. The molecule has 1 fully saturated rings. The Labute approximate surface area is 207 Å². The summed E-state index contributed by atoms with van der Waals surface area (Å²) >= 11 is 7.60. The van der Waals surface area contributed by atoms with E-state index in [1.807, 2.05) is 56.4 Å². The van der Waals surface area contributed by atoms with Crippen molar-refractivity contribution >= 4 is 45.9 Å². The molecule has 3 heterocycles. The summed E-state index contributed by atoms with van der Waals surface area (Å²) in [5.41, 5.74) is 3.59. The number of hydrogen-bond acceptors (Lipinski definition) is 5. The molecule has 1 aliphatic rings. The standard InChI is InChI=1S/C25H26ClN5O2S/c1-15-20(26)9-5-11-21(15)28-24(32)16(2)34-25-30-29-23(31(25)14-17-7-6-12-33-17)19-13-27-22-10-4-3-8-18(19)22/h3-5,8-11,13,16-17,27H,6-7,12,14H2,1-2H3,(H,28,32). The maximum absolute atomic E-state index is 13.0. The highest BCUT2D eigenvalue weighted by Crippen LogP contribution is 2.33. The molecule has 34 heavy (non-hydrogen) atoms. The van der Waals surface area contributed by atoms with Crippen molar-refractivity contribution in [2.45, 2.75) is 49.7 Å². The summed E-state index contributed by atoms with van der Waals surface area (Å²) < 4.78 is 8.00.